The van der Waals surface area contributed by atoms with E-state index in [4.69, 9.17) is 0 Å². The van der Waals surface area contributed by atoms with Gasteiger partial charge in [-0.15, -0.1) is 9.24 Å². The van der Waals surface area contributed by atoms with E-state index in [1.165, 1.54) is 23.9 Å². The third-order valence-corrected chi connectivity index (χ3v) is 3.19. The van der Waals surface area contributed by atoms with E-state index in [0.29, 0.717) is 5.66 Å². The minimum absolute atomic E-state index is 0.713. The van der Waals surface area contributed by atoms with E-state index in [1.54, 1.807) is 0 Å². The molecule has 0 bridgehead atoms. The number of aromatic nitrogens is 2. The number of hydrogen-bond donors (Lipinski definition) is 2. The monoisotopic (exact) mass is 249 g/mol. The molecule has 0 saturated carbocycles. The van der Waals surface area contributed by atoms with Crippen molar-refractivity contribution >= 4 is 20.1 Å². The molecule has 4 heteroatoms. The minimum atomic E-state index is 0.713. The van der Waals surface area contributed by atoms with Gasteiger partial charge in [0.05, 0.1) is 11.2 Å². The molecule has 2 unspecified atom stereocenters. The molecular formula is C13H20N3P. The zero-order valence-corrected chi connectivity index (χ0v) is 11.4. The number of rotatable bonds is 6. The molecule has 0 spiro atoms. The molecular weight excluding hydrogens is 229 g/mol. The second-order valence-electron chi connectivity index (χ2n) is 4.52. The van der Waals surface area contributed by atoms with Crippen molar-refractivity contribution in [1.82, 2.24) is 15.5 Å². The minimum Gasteiger partial charge on any atom is -0.311 e. The fourth-order valence-electron chi connectivity index (χ4n) is 1.91. The number of H-pyrrole nitrogens is 1. The van der Waals surface area contributed by atoms with Crippen molar-refractivity contribution in [1.29, 1.82) is 0 Å². The number of para-hydroxylation sites is 1. The first kappa shape index (κ1) is 12.5. The van der Waals surface area contributed by atoms with Crippen LogP contribution in [0.5, 0.6) is 0 Å². The first-order valence-electron chi connectivity index (χ1n) is 6.15. The highest BCUT2D eigenvalue weighted by molar-refractivity contribution is 7.17. The van der Waals surface area contributed by atoms with Gasteiger partial charge in [-0.3, -0.25) is 5.10 Å². The lowest BCUT2D eigenvalue weighted by Crippen LogP contribution is -2.15. The largest absolute Gasteiger partial charge is 0.311 e. The summed E-state index contributed by atoms with van der Waals surface area (Å²) in [5, 5.41) is 12.1. The molecule has 17 heavy (non-hydrogen) atoms. The van der Waals surface area contributed by atoms with Crippen LogP contribution >= 0.6 is 9.24 Å². The van der Waals surface area contributed by atoms with E-state index in [2.05, 4.69) is 43.8 Å². The Kier molecular flexibility index (Phi) is 4.52. The summed E-state index contributed by atoms with van der Waals surface area (Å²) in [4.78, 5) is 0. The second kappa shape index (κ2) is 6.13. The van der Waals surface area contributed by atoms with Crippen LogP contribution in [0.2, 0.25) is 0 Å². The van der Waals surface area contributed by atoms with Crippen LogP contribution in [0.3, 0.4) is 0 Å². The third-order valence-electron chi connectivity index (χ3n) is 2.86. The standard InChI is InChI=1S/C13H20N3P/c1-10(17)5-4-8-14-9-13-11-6-2-3-7-12(11)15-16-13/h2-3,6-7,10,14H,4-5,8-9,17H2,1H3,(H,15,16). The van der Waals surface area contributed by atoms with Crippen molar-refractivity contribution in [2.45, 2.75) is 32.0 Å². The van der Waals surface area contributed by atoms with Crippen LogP contribution in [0.1, 0.15) is 25.5 Å². The van der Waals surface area contributed by atoms with E-state index < -0.39 is 0 Å². The summed E-state index contributed by atoms with van der Waals surface area (Å²) in [5.41, 5.74) is 2.94. The molecule has 1 heterocycles. The number of aromatic amines is 1. The van der Waals surface area contributed by atoms with Gasteiger partial charge >= 0.3 is 0 Å². The van der Waals surface area contributed by atoms with Crippen molar-refractivity contribution in [2.24, 2.45) is 0 Å². The summed E-state index contributed by atoms with van der Waals surface area (Å²) in [5.74, 6) is 0. The average Bonchev–Trinajstić information content (AvgIpc) is 2.72. The highest BCUT2D eigenvalue weighted by Gasteiger charge is 2.03. The number of fused-ring (bicyclic) bond motifs is 1. The zero-order chi connectivity index (χ0) is 12.1. The number of benzene rings is 1. The Morgan fingerprint density at radius 3 is 3.06 bits per heavy atom. The molecule has 3 nitrogen and oxygen atoms in total. The molecule has 0 aliphatic carbocycles. The summed E-state index contributed by atoms with van der Waals surface area (Å²) in [6.45, 7) is 4.16. The van der Waals surface area contributed by atoms with Crippen molar-refractivity contribution in [2.75, 3.05) is 6.54 Å². The summed E-state index contributed by atoms with van der Waals surface area (Å²) < 4.78 is 0. The van der Waals surface area contributed by atoms with E-state index in [0.717, 1.165) is 18.6 Å². The fourth-order valence-corrected chi connectivity index (χ4v) is 2.15. The van der Waals surface area contributed by atoms with Crippen LogP contribution in [-0.2, 0) is 6.54 Å². The molecule has 1 aromatic carbocycles. The second-order valence-corrected chi connectivity index (χ2v) is 5.65. The van der Waals surface area contributed by atoms with Crippen LogP contribution in [-0.4, -0.2) is 22.4 Å². The predicted octanol–water partition coefficient (Wildman–Crippen LogP) is 2.70. The summed E-state index contributed by atoms with van der Waals surface area (Å²) in [6, 6.07) is 8.21. The molecule has 92 valence electrons. The number of nitrogens with zero attached hydrogens (tertiary/aromatic N) is 1. The van der Waals surface area contributed by atoms with Gasteiger partial charge in [-0.05, 0) is 31.1 Å². The fraction of sp³-hybridized carbons (Fsp3) is 0.462. The van der Waals surface area contributed by atoms with Gasteiger partial charge < -0.3 is 5.32 Å². The quantitative estimate of drug-likeness (QED) is 0.610. The lowest BCUT2D eigenvalue weighted by Gasteiger charge is -2.05. The van der Waals surface area contributed by atoms with Crippen molar-refractivity contribution in [3.05, 3.63) is 30.0 Å². The summed E-state index contributed by atoms with van der Waals surface area (Å²) in [6.07, 6.45) is 2.47. The maximum absolute atomic E-state index is 4.28. The lowest BCUT2D eigenvalue weighted by atomic mass is 10.2. The maximum atomic E-state index is 4.28. The molecule has 2 aromatic rings. The molecule has 0 aliphatic rings. The number of hydrogen-bond acceptors (Lipinski definition) is 2. The molecule has 2 rings (SSSR count). The van der Waals surface area contributed by atoms with Gasteiger partial charge in [0.15, 0.2) is 0 Å². The Hall–Kier alpha value is -0.920. The van der Waals surface area contributed by atoms with Gasteiger partial charge in [0.25, 0.3) is 0 Å². The van der Waals surface area contributed by atoms with E-state index in [-0.39, 0.29) is 0 Å². The first-order chi connectivity index (χ1) is 8.27. The molecule has 0 saturated heterocycles. The first-order valence-corrected chi connectivity index (χ1v) is 6.82. The third kappa shape index (κ3) is 3.52. The highest BCUT2D eigenvalue weighted by atomic mass is 31.0. The number of nitrogens with one attached hydrogen (secondary N) is 2. The Balaban J connectivity index is 1.83. The normalized spacial score (nSPS) is 13.1. The Labute approximate surface area is 105 Å². The predicted molar refractivity (Wildman–Crippen MR) is 76.2 cm³/mol. The van der Waals surface area contributed by atoms with Crippen molar-refractivity contribution < 1.29 is 0 Å². The van der Waals surface area contributed by atoms with E-state index in [1.807, 2.05) is 12.1 Å². The Bertz CT molecular complexity index is 464. The van der Waals surface area contributed by atoms with E-state index >= 15 is 0 Å². The Morgan fingerprint density at radius 1 is 1.41 bits per heavy atom. The topological polar surface area (TPSA) is 40.7 Å². The summed E-state index contributed by atoms with van der Waals surface area (Å²) in [7, 11) is 2.84. The SMILES string of the molecule is CC(P)CCCNCc1[nH]nc2ccccc12. The van der Waals surface area contributed by atoms with E-state index in [9.17, 15) is 0 Å². The van der Waals surface area contributed by atoms with Crippen LogP contribution < -0.4 is 5.32 Å². The summed E-state index contributed by atoms with van der Waals surface area (Å²) >= 11 is 0. The van der Waals surface area contributed by atoms with Crippen LogP contribution in [0, 0.1) is 0 Å². The van der Waals surface area contributed by atoms with Gasteiger partial charge in [0, 0.05) is 11.9 Å². The van der Waals surface area contributed by atoms with Crippen molar-refractivity contribution in [3.8, 4) is 0 Å². The van der Waals surface area contributed by atoms with Gasteiger partial charge in [-0.25, -0.2) is 0 Å². The molecule has 0 fully saturated rings. The molecule has 0 radical (unpaired) electrons. The molecule has 1 aromatic heterocycles. The average molecular weight is 249 g/mol. The van der Waals surface area contributed by atoms with Crippen LogP contribution in [0.25, 0.3) is 10.9 Å². The smallest absolute Gasteiger partial charge is 0.0924 e. The zero-order valence-electron chi connectivity index (χ0n) is 10.2. The van der Waals surface area contributed by atoms with Crippen molar-refractivity contribution in [3.63, 3.8) is 0 Å². The molecule has 2 N–H and O–H groups in total. The van der Waals surface area contributed by atoms with Gasteiger partial charge in [0.1, 0.15) is 0 Å². The van der Waals surface area contributed by atoms with Crippen LogP contribution in [0.4, 0.5) is 0 Å². The molecule has 2 atom stereocenters. The highest BCUT2D eigenvalue weighted by Crippen LogP contribution is 2.14. The van der Waals surface area contributed by atoms with Crippen LogP contribution in [0.15, 0.2) is 24.3 Å². The molecule has 0 amide bonds. The lowest BCUT2D eigenvalue weighted by molar-refractivity contribution is 0.616. The van der Waals surface area contributed by atoms with Gasteiger partial charge in [0.2, 0.25) is 0 Å². The molecule has 0 aliphatic heterocycles. The maximum Gasteiger partial charge on any atom is 0.0924 e. The van der Waals surface area contributed by atoms with Gasteiger partial charge in [-0.1, -0.05) is 25.1 Å². The Morgan fingerprint density at radius 2 is 2.24 bits per heavy atom. The van der Waals surface area contributed by atoms with Gasteiger partial charge in [-0.2, -0.15) is 5.10 Å².